The highest BCUT2D eigenvalue weighted by Gasteiger charge is 2.18. The predicted octanol–water partition coefficient (Wildman–Crippen LogP) is 5.00. The number of aromatic hydroxyl groups is 1. The smallest absolute Gasteiger partial charge is 0.255 e. The number of carbonyl (C=O) groups excluding carboxylic acids is 1. The van der Waals surface area contributed by atoms with E-state index in [0.29, 0.717) is 30.1 Å². The van der Waals surface area contributed by atoms with Gasteiger partial charge in [0.15, 0.2) is 0 Å². The molecule has 1 amide bonds. The van der Waals surface area contributed by atoms with Gasteiger partial charge in [-0.2, -0.15) is 0 Å². The highest BCUT2D eigenvalue weighted by atomic mass is 32.1. The van der Waals surface area contributed by atoms with E-state index in [2.05, 4.69) is 10.6 Å². The van der Waals surface area contributed by atoms with E-state index in [1.165, 1.54) is 11.3 Å². The number of benzene rings is 2. The molecule has 2 aromatic carbocycles. The maximum Gasteiger partial charge on any atom is 0.255 e. The quantitative estimate of drug-likeness (QED) is 0.295. The zero-order valence-corrected chi connectivity index (χ0v) is 18.7. The number of methoxy groups -OCH3 is 1. The lowest BCUT2D eigenvalue weighted by Crippen LogP contribution is -2.26. The molecule has 7 heteroatoms. The molecular weight excluding hydrogens is 410 g/mol. The molecule has 0 aliphatic heterocycles. The third-order valence-electron chi connectivity index (χ3n) is 4.91. The van der Waals surface area contributed by atoms with Crippen LogP contribution in [0.15, 0.2) is 53.9 Å². The number of anilines is 1. The number of carbonyl (C=O) groups is 1. The SMILES string of the molecule is COc1cc(C(=O)NCCc2ccc(NC(=N)c3cccs3)cc2)c(O)c(C(C)C)c1. The van der Waals surface area contributed by atoms with Crippen LogP contribution >= 0.6 is 11.3 Å². The maximum atomic E-state index is 12.6. The molecule has 0 aliphatic rings. The van der Waals surface area contributed by atoms with Crippen LogP contribution in [0.3, 0.4) is 0 Å². The van der Waals surface area contributed by atoms with Crippen LogP contribution in [0.1, 0.15) is 46.1 Å². The maximum absolute atomic E-state index is 12.6. The molecule has 0 radical (unpaired) electrons. The number of hydrogen-bond donors (Lipinski definition) is 4. The van der Waals surface area contributed by atoms with Gasteiger partial charge >= 0.3 is 0 Å². The lowest BCUT2D eigenvalue weighted by Gasteiger charge is -2.15. The standard InChI is InChI=1S/C24H27N3O3S/c1-15(2)19-13-18(30-3)14-20(22(19)28)24(29)26-11-10-16-6-8-17(9-7-16)27-23(25)21-5-4-12-31-21/h4-9,12-15,28H,10-11H2,1-3H3,(H2,25,27)(H,26,29). The lowest BCUT2D eigenvalue weighted by molar-refractivity contribution is 0.0951. The van der Waals surface area contributed by atoms with Gasteiger partial charge in [-0.25, -0.2) is 0 Å². The molecule has 31 heavy (non-hydrogen) atoms. The lowest BCUT2D eigenvalue weighted by atomic mass is 9.98. The molecule has 3 aromatic rings. The minimum Gasteiger partial charge on any atom is -0.507 e. The highest BCUT2D eigenvalue weighted by Crippen LogP contribution is 2.33. The van der Waals surface area contributed by atoms with Crippen molar-refractivity contribution in [3.8, 4) is 11.5 Å². The van der Waals surface area contributed by atoms with E-state index in [9.17, 15) is 9.90 Å². The number of amides is 1. The molecule has 0 aliphatic carbocycles. The van der Waals surface area contributed by atoms with Crippen molar-refractivity contribution in [1.82, 2.24) is 5.32 Å². The van der Waals surface area contributed by atoms with Gasteiger partial charge in [-0.15, -0.1) is 11.3 Å². The Morgan fingerprint density at radius 1 is 1.19 bits per heavy atom. The van der Waals surface area contributed by atoms with Gasteiger partial charge in [-0.05, 0) is 53.6 Å². The van der Waals surface area contributed by atoms with Gasteiger partial charge < -0.3 is 20.5 Å². The molecule has 4 N–H and O–H groups in total. The van der Waals surface area contributed by atoms with Gasteiger partial charge in [-0.3, -0.25) is 10.2 Å². The summed E-state index contributed by atoms with van der Waals surface area (Å²) in [4.78, 5) is 13.5. The summed E-state index contributed by atoms with van der Waals surface area (Å²) < 4.78 is 5.28. The fourth-order valence-electron chi connectivity index (χ4n) is 3.16. The van der Waals surface area contributed by atoms with Crippen molar-refractivity contribution >= 4 is 28.8 Å². The highest BCUT2D eigenvalue weighted by molar-refractivity contribution is 7.12. The number of amidine groups is 1. The van der Waals surface area contributed by atoms with E-state index in [-0.39, 0.29) is 23.1 Å². The Kier molecular flexibility index (Phi) is 7.31. The summed E-state index contributed by atoms with van der Waals surface area (Å²) in [7, 11) is 1.54. The van der Waals surface area contributed by atoms with Crippen molar-refractivity contribution in [1.29, 1.82) is 5.41 Å². The third-order valence-corrected chi connectivity index (χ3v) is 5.79. The van der Waals surface area contributed by atoms with Crippen LogP contribution < -0.4 is 15.4 Å². The largest absolute Gasteiger partial charge is 0.507 e. The first-order valence-electron chi connectivity index (χ1n) is 10.1. The fourth-order valence-corrected chi connectivity index (χ4v) is 3.79. The Bertz CT molecular complexity index is 1040. The van der Waals surface area contributed by atoms with Gasteiger partial charge in [0, 0.05) is 17.8 Å². The zero-order valence-electron chi connectivity index (χ0n) is 17.9. The van der Waals surface area contributed by atoms with Crippen molar-refractivity contribution in [2.45, 2.75) is 26.2 Å². The monoisotopic (exact) mass is 437 g/mol. The first-order valence-corrected chi connectivity index (χ1v) is 10.9. The topological polar surface area (TPSA) is 94.4 Å². The summed E-state index contributed by atoms with van der Waals surface area (Å²) in [5.74, 6) is 0.643. The van der Waals surface area contributed by atoms with Crippen molar-refractivity contribution in [2.24, 2.45) is 0 Å². The van der Waals surface area contributed by atoms with Crippen molar-refractivity contribution in [3.63, 3.8) is 0 Å². The minimum atomic E-state index is -0.332. The van der Waals surface area contributed by atoms with E-state index in [1.54, 1.807) is 19.2 Å². The molecule has 3 rings (SSSR count). The number of rotatable bonds is 8. The molecule has 0 unspecified atom stereocenters. The van der Waals surface area contributed by atoms with Gasteiger partial charge in [0.2, 0.25) is 0 Å². The average molecular weight is 438 g/mol. The Labute approximate surface area is 186 Å². The number of hydrogen-bond acceptors (Lipinski definition) is 5. The number of ether oxygens (including phenoxy) is 1. The van der Waals surface area contributed by atoms with E-state index in [4.69, 9.17) is 10.1 Å². The summed E-state index contributed by atoms with van der Waals surface area (Å²) >= 11 is 1.52. The number of phenols is 1. The predicted molar refractivity (Wildman–Crippen MR) is 126 cm³/mol. The van der Waals surface area contributed by atoms with Crippen molar-refractivity contribution in [2.75, 3.05) is 19.0 Å². The number of phenolic OH excluding ortho intramolecular Hbond substituents is 1. The molecule has 0 spiro atoms. The minimum absolute atomic E-state index is 0.00286. The van der Waals surface area contributed by atoms with Crippen LogP contribution in [-0.2, 0) is 6.42 Å². The van der Waals surface area contributed by atoms with Gasteiger partial charge in [0.05, 0.1) is 17.6 Å². The van der Waals surface area contributed by atoms with Crippen LogP contribution in [0, 0.1) is 5.41 Å². The van der Waals surface area contributed by atoms with Gasteiger partial charge in [0.1, 0.15) is 17.3 Å². The van der Waals surface area contributed by atoms with Gasteiger partial charge in [-0.1, -0.05) is 32.0 Å². The summed E-state index contributed by atoms with van der Waals surface area (Å²) in [5, 5.41) is 26.5. The normalized spacial score (nSPS) is 10.7. The van der Waals surface area contributed by atoms with Crippen LogP contribution in [0.5, 0.6) is 11.5 Å². The average Bonchev–Trinajstić information content (AvgIpc) is 3.30. The molecule has 0 bridgehead atoms. The summed E-state index contributed by atoms with van der Waals surface area (Å²) in [6, 6.07) is 14.9. The van der Waals surface area contributed by atoms with E-state index < -0.39 is 0 Å². The molecule has 0 fully saturated rings. The third kappa shape index (κ3) is 5.64. The Hall–Kier alpha value is -3.32. The molecular formula is C24H27N3O3S. The summed E-state index contributed by atoms with van der Waals surface area (Å²) in [6.45, 7) is 4.34. The molecule has 6 nitrogen and oxygen atoms in total. The second kappa shape index (κ2) is 10.1. The Morgan fingerprint density at radius 3 is 2.55 bits per heavy atom. The molecule has 0 saturated carbocycles. The Morgan fingerprint density at radius 2 is 1.94 bits per heavy atom. The van der Waals surface area contributed by atoms with Crippen molar-refractivity contribution < 1.29 is 14.6 Å². The second-order valence-corrected chi connectivity index (χ2v) is 8.40. The molecule has 0 atom stereocenters. The van der Waals surface area contributed by atoms with Crippen LogP contribution in [-0.4, -0.2) is 30.5 Å². The first-order chi connectivity index (χ1) is 14.9. The molecule has 162 valence electrons. The summed E-state index contributed by atoms with van der Waals surface area (Å²) in [5.41, 5.74) is 2.80. The van der Waals surface area contributed by atoms with Gasteiger partial charge in [0.25, 0.3) is 5.91 Å². The number of thiophene rings is 1. The fraction of sp³-hybridized carbons (Fsp3) is 0.250. The summed E-state index contributed by atoms with van der Waals surface area (Å²) in [6.07, 6.45) is 0.649. The second-order valence-electron chi connectivity index (χ2n) is 7.45. The van der Waals surface area contributed by atoms with Crippen LogP contribution in [0.2, 0.25) is 0 Å². The Balaban J connectivity index is 1.57. The van der Waals surface area contributed by atoms with Crippen molar-refractivity contribution in [3.05, 3.63) is 75.5 Å². The molecule has 1 aromatic heterocycles. The van der Waals surface area contributed by atoms with E-state index >= 15 is 0 Å². The first kappa shape index (κ1) is 22.4. The number of nitrogens with one attached hydrogen (secondary N) is 3. The van der Waals surface area contributed by atoms with E-state index in [1.807, 2.05) is 55.6 Å². The van der Waals surface area contributed by atoms with Crippen LogP contribution in [0.25, 0.3) is 0 Å². The zero-order chi connectivity index (χ0) is 22.4. The van der Waals surface area contributed by atoms with E-state index in [0.717, 1.165) is 16.1 Å². The molecule has 1 heterocycles. The molecule has 0 saturated heterocycles. The van der Waals surface area contributed by atoms with Crippen LogP contribution in [0.4, 0.5) is 5.69 Å².